The molecule has 1 N–H and O–H groups in total. The van der Waals surface area contributed by atoms with Gasteiger partial charge in [0.15, 0.2) is 0 Å². The van der Waals surface area contributed by atoms with Gasteiger partial charge in [0.2, 0.25) is 0 Å². The van der Waals surface area contributed by atoms with Gasteiger partial charge in [-0.25, -0.2) is 0 Å². The zero-order valence-corrected chi connectivity index (χ0v) is 14.0. The molecule has 1 aromatic heterocycles. The fraction of sp³-hybridized carbons (Fsp3) is 0.167. The van der Waals surface area contributed by atoms with Crippen molar-refractivity contribution in [1.29, 1.82) is 0 Å². The molecule has 0 fully saturated rings. The number of nitrogens with one attached hydrogen (secondary N) is 1. The highest BCUT2D eigenvalue weighted by atomic mass is 127. The molecule has 0 saturated heterocycles. The summed E-state index contributed by atoms with van der Waals surface area (Å²) < 4.78 is 1.25. The zero-order chi connectivity index (χ0) is 14.7. The molecule has 1 unspecified atom stereocenters. The number of hydrogen-bond acceptors (Lipinski definition) is 2. The van der Waals surface area contributed by atoms with Crippen molar-refractivity contribution >= 4 is 33.5 Å². The van der Waals surface area contributed by atoms with Crippen LogP contribution in [-0.2, 0) is 0 Å². The van der Waals surface area contributed by atoms with E-state index in [-0.39, 0.29) is 6.04 Å². The minimum absolute atomic E-state index is 0.184. The van der Waals surface area contributed by atoms with Crippen molar-refractivity contribution in [3.8, 4) is 0 Å². The van der Waals surface area contributed by atoms with Crippen molar-refractivity contribution in [1.82, 2.24) is 10.3 Å². The van der Waals surface area contributed by atoms with E-state index in [1.807, 2.05) is 18.3 Å². The summed E-state index contributed by atoms with van der Waals surface area (Å²) in [6.07, 6.45) is 1.98. The van der Waals surface area contributed by atoms with Gasteiger partial charge in [0, 0.05) is 15.2 Å². The number of nitrogens with zero attached hydrogens (tertiary/aromatic N) is 1. The van der Waals surface area contributed by atoms with Crippen molar-refractivity contribution in [3.63, 3.8) is 0 Å². The van der Waals surface area contributed by atoms with Crippen LogP contribution in [0, 0.1) is 3.57 Å². The second-order valence-electron chi connectivity index (χ2n) is 5.00. The van der Waals surface area contributed by atoms with E-state index in [0.29, 0.717) is 0 Å². The van der Waals surface area contributed by atoms with Gasteiger partial charge in [0.05, 0.1) is 11.6 Å². The minimum atomic E-state index is 0.184. The van der Waals surface area contributed by atoms with E-state index >= 15 is 0 Å². The second kappa shape index (κ2) is 6.54. The number of aromatic nitrogens is 1. The predicted molar refractivity (Wildman–Crippen MR) is 96.4 cm³/mol. The van der Waals surface area contributed by atoms with Gasteiger partial charge in [-0.3, -0.25) is 4.98 Å². The summed E-state index contributed by atoms with van der Waals surface area (Å²) in [5.41, 5.74) is 3.52. The summed E-state index contributed by atoms with van der Waals surface area (Å²) in [7, 11) is 0. The van der Waals surface area contributed by atoms with Gasteiger partial charge >= 0.3 is 0 Å². The lowest BCUT2D eigenvalue weighted by atomic mass is 9.99. The number of benzene rings is 2. The largest absolute Gasteiger partial charge is 0.306 e. The van der Waals surface area contributed by atoms with Crippen LogP contribution in [0.15, 0.2) is 60.8 Å². The molecule has 0 aliphatic heterocycles. The molecule has 0 spiro atoms. The summed E-state index contributed by atoms with van der Waals surface area (Å²) in [6.45, 7) is 3.05. The monoisotopic (exact) mass is 388 g/mol. The minimum Gasteiger partial charge on any atom is -0.306 e. The van der Waals surface area contributed by atoms with Gasteiger partial charge in [-0.05, 0) is 64.5 Å². The van der Waals surface area contributed by atoms with E-state index in [0.717, 1.165) is 12.1 Å². The Morgan fingerprint density at radius 1 is 1.05 bits per heavy atom. The van der Waals surface area contributed by atoms with Gasteiger partial charge < -0.3 is 5.32 Å². The molecule has 21 heavy (non-hydrogen) atoms. The average Bonchev–Trinajstić information content (AvgIpc) is 2.53. The van der Waals surface area contributed by atoms with Crippen molar-refractivity contribution in [3.05, 3.63) is 75.5 Å². The molecular formula is C18H17IN2. The Bertz CT molecular complexity index is 738. The van der Waals surface area contributed by atoms with Gasteiger partial charge in [-0.15, -0.1) is 0 Å². The quantitative estimate of drug-likeness (QED) is 0.664. The maximum Gasteiger partial charge on any atom is 0.0702 e. The van der Waals surface area contributed by atoms with Crippen molar-refractivity contribution in [2.75, 3.05) is 6.54 Å². The van der Waals surface area contributed by atoms with Crippen LogP contribution in [0.1, 0.15) is 24.1 Å². The predicted octanol–water partition coefficient (Wildman–Crippen LogP) is 4.54. The first kappa shape index (κ1) is 14.5. The molecule has 0 bridgehead atoms. The van der Waals surface area contributed by atoms with Crippen LogP contribution < -0.4 is 5.32 Å². The fourth-order valence-corrected chi connectivity index (χ4v) is 2.89. The van der Waals surface area contributed by atoms with Crippen LogP contribution in [0.3, 0.4) is 0 Å². The van der Waals surface area contributed by atoms with Crippen LogP contribution in [0.4, 0.5) is 0 Å². The standard InChI is InChI=1S/C18H17IN2/c1-2-20-18(13-7-9-16(19)10-8-13)15-11-14-5-3-4-6-17(14)21-12-15/h3-12,18,20H,2H2,1H3. The summed E-state index contributed by atoms with van der Waals surface area (Å²) in [5.74, 6) is 0. The number of hydrogen-bond donors (Lipinski definition) is 1. The molecule has 0 amide bonds. The molecule has 2 aromatic carbocycles. The first-order valence-electron chi connectivity index (χ1n) is 7.11. The average molecular weight is 388 g/mol. The Balaban J connectivity index is 2.04. The normalized spacial score (nSPS) is 12.5. The smallest absolute Gasteiger partial charge is 0.0702 e. The molecule has 2 nitrogen and oxygen atoms in total. The molecule has 1 atom stereocenters. The molecule has 0 saturated carbocycles. The Morgan fingerprint density at radius 2 is 1.81 bits per heavy atom. The Kier molecular flexibility index (Phi) is 4.51. The number of halogens is 1. The van der Waals surface area contributed by atoms with E-state index in [4.69, 9.17) is 0 Å². The highest BCUT2D eigenvalue weighted by molar-refractivity contribution is 14.1. The van der Waals surface area contributed by atoms with Gasteiger partial charge in [-0.2, -0.15) is 0 Å². The zero-order valence-electron chi connectivity index (χ0n) is 11.9. The highest BCUT2D eigenvalue weighted by Gasteiger charge is 2.13. The van der Waals surface area contributed by atoms with E-state index < -0.39 is 0 Å². The van der Waals surface area contributed by atoms with E-state index in [2.05, 4.69) is 82.3 Å². The Hall–Kier alpha value is -1.46. The first-order chi connectivity index (χ1) is 10.3. The molecule has 3 heteroatoms. The molecule has 0 aliphatic rings. The molecule has 3 rings (SSSR count). The van der Waals surface area contributed by atoms with Gasteiger partial charge in [0.25, 0.3) is 0 Å². The molecule has 106 valence electrons. The topological polar surface area (TPSA) is 24.9 Å². The fourth-order valence-electron chi connectivity index (χ4n) is 2.53. The summed E-state index contributed by atoms with van der Waals surface area (Å²) in [4.78, 5) is 4.59. The highest BCUT2D eigenvalue weighted by Crippen LogP contribution is 2.24. The number of pyridine rings is 1. The van der Waals surface area contributed by atoms with Gasteiger partial charge in [-0.1, -0.05) is 37.3 Å². The lowest BCUT2D eigenvalue weighted by Crippen LogP contribution is -2.22. The lowest BCUT2D eigenvalue weighted by molar-refractivity contribution is 0.629. The van der Waals surface area contributed by atoms with Crippen LogP contribution in [-0.4, -0.2) is 11.5 Å². The lowest BCUT2D eigenvalue weighted by Gasteiger charge is -2.19. The molecule has 1 heterocycles. The maximum atomic E-state index is 4.59. The van der Waals surface area contributed by atoms with Crippen molar-refractivity contribution < 1.29 is 0 Å². The number of fused-ring (bicyclic) bond motifs is 1. The summed E-state index contributed by atoms with van der Waals surface area (Å²) in [6, 6.07) is 19.3. The van der Waals surface area contributed by atoms with Crippen LogP contribution in [0.2, 0.25) is 0 Å². The summed E-state index contributed by atoms with van der Waals surface area (Å²) >= 11 is 2.33. The molecule has 3 aromatic rings. The maximum absolute atomic E-state index is 4.59. The first-order valence-corrected chi connectivity index (χ1v) is 8.19. The molecular weight excluding hydrogens is 371 g/mol. The van der Waals surface area contributed by atoms with Crippen LogP contribution in [0.25, 0.3) is 10.9 Å². The third-order valence-corrected chi connectivity index (χ3v) is 4.28. The van der Waals surface area contributed by atoms with Gasteiger partial charge in [0.1, 0.15) is 0 Å². The molecule has 0 radical (unpaired) electrons. The number of para-hydroxylation sites is 1. The Morgan fingerprint density at radius 3 is 2.57 bits per heavy atom. The molecule has 0 aliphatic carbocycles. The van der Waals surface area contributed by atoms with Crippen molar-refractivity contribution in [2.24, 2.45) is 0 Å². The van der Waals surface area contributed by atoms with Crippen LogP contribution in [0.5, 0.6) is 0 Å². The second-order valence-corrected chi connectivity index (χ2v) is 6.25. The van der Waals surface area contributed by atoms with Crippen molar-refractivity contribution in [2.45, 2.75) is 13.0 Å². The third kappa shape index (κ3) is 3.24. The third-order valence-electron chi connectivity index (χ3n) is 3.56. The SMILES string of the molecule is CCNC(c1ccc(I)cc1)c1cnc2ccccc2c1. The van der Waals surface area contributed by atoms with E-state index in [1.165, 1.54) is 20.1 Å². The van der Waals surface area contributed by atoms with Crippen LogP contribution >= 0.6 is 22.6 Å². The van der Waals surface area contributed by atoms with E-state index in [9.17, 15) is 0 Å². The number of rotatable bonds is 4. The summed E-state index contributed by atoms with van der Waals surface area (Å²) in [5, 5.41) is 4.74. The van der Waals surface area contributed by atoms with E-state index in [1.54, 1.807) is 0 Å². The Labute approximate surface area is 138 Å².